The SMILES string of the molecule is CCn1nc(C)c(Cl)c1CC(O)(CN)C1CC1. The van der Waals surface area contributed by atoms with Gasteiger partial charge < -0.3 is 10.8 Å². The lowest BCUT2D eigenvalue weighted by Gasteiger charge is -2.26. The predicted molar refractivity (Wildman–Crippen MR) is 68.1 cm³/mol. The molecule has 1 saturated carbocycles. The van der Waals surface area contributed by atoms with Crippen molar-refractivity contribution < 1.29 is 5.11 Å². The van der Waals surface area contributed by atoms with Crippen molar-refractivity contribution in [3.05, 3.63) is 16.4 Å². The molecule has 0 saturated heterocycles. The normalized spacial score (nSPS) is 19.4. The quantitative estimate of drug-likeness (QED) is 0.840. The van der Waals surface area contributed by atoms with Crippen LogP contribution in [0.1, 0.15) is 31.2 Å². The maximum absolute atomic E-state index is 10.5. The Morgan fingerprint density at radius 3 is 2.71 bits per heavy atom. The lowest BCUT2D eigenvalue weighted by molar-refractivity contribution is 0.0248. The Kier molecular flexibility index (Phi) is 3.48. The second-order valence-corrected chi connectivity index (χ2v) is 5.30. The summed E-state index contributed by atoms with van der Waals surface area (Å²) in [6, 6.07) is 0. The molecule has 0 spiro atoms. The van der Waals surface area contributed by atoms with Crippen LogP contribution >= 0.6 is 11.6 Å². The lowest BCUT2D eigenvalue weighted by atomic mass is 9.92. The van der Waals surface area contributed by atoms with E-state index in [4.69, 9.17) is 17.3 Å². The topological polar surface area (TPSA) is 64.1 Å². The number of hydrogen-bond donors (Lipinski definition) is 2. The average molecular weight is 258 g/mol. The summed E-state index contributed by atoms with van der Waals surface area (Å²) >= 11 is 6.25. The molecule has 1 aliphatic carbocycles. The van der Waals surface area contributed by atoms with Crippen molar-refractivity contribution in [3.63, 3.8) is 0 Å². The zero-order chi connectivity index (χ0) is 12.6. The van der Waals surface area contributed by atoms with Gasteiger partial charge in [-0.05, 0) is 32.6 Å². The molecule has 17 heavy (non-hydrogen) atoms. The van der Waals surface area contributed by atoms with Gasteiger partial charge in [0.2, 0.25) is 0 Å². The van der Waals surface area contributed by atoms with Crippen LogP contribution in [0, 0.1) is 12.8 Å². The van der Waals surface area contributed by atoms with Crippen LogP contribution < -0.4 is 5.73 Å². The van der Waals surface area contributed by atoms with Gasteiger partial charge in [0.25, 0.3) is 0 Å². The molecule has 1 aliphatic rings. The van der Waals surface area contributed by atoms with E-state index >= 15 is 0 Å². The highest BCUT2D eigenvalue weighted by molar-refractivity contribution is 6.31. The summed E-state index contributed by atoms with van der Waals surface area (Å²) in [6.45, 7) is 4.94. The van der Waals surface area contributed by atoms with Crippen molar-refractivity contribution in [1.29, 1.82) is 0 Å². The molecule has 1 atom stereocenters. The number of nitrogens with two attached hydrogens (primary N) is 1. The smallest absolute Gasteiger partial charge is 0.0852 e. The van der Waals surface area contributed by atoms with Gasteiger partial charge in [0, 0.05) is 19.5 Å². The van der Waals surface area contributed by atoms with Crippen LogP contribution in [0.4, 0.5) is 0 Å². The van der Waals surface area contributed by atoms with Gasteiger partial charge >= 0.3 is 0 Å². The van der Waals surface area contributed by atoms with Crippen LogP contribution in [0.25, 0.3) is 0 Å². The van der Waals surface area contributed by atoms with Crippen LogP contribution in [0.3, 0.4) is 0 Å². The van der Waals surface area contributed by atoms with E-state index in [0.29, 0.717) is 17.4 Å². The van der Waals surface area contributed by atoms with Crippen molar-refractivity contribution >= 4 is 11.6 Å². The third kappa shape index (κ3) is 2.34. The standard InChI is InChI=1S/C12H20ClN3O/c1-3-16-10(11(13)8(2)15-16)6-12(17,7-14)9-4-5-9/h9,17H,3-7,14H2,1-2H3. The predicted octanol–water partition coefficient (Wildman–Crippen LogP) is 1.51. The van der Waals surface area contributed by atoms with Crippen molar-refractivity contribution in [2.75, 3.05) is 6.54 Å². The first kappa shape index (κ1) is 12.9. The number of halogens is 1. The van der Waals surface area contributed by atoms with Gasteiger partial charge in [-0.1, -0.05) is 11.6 Å². The van der Waals surface area contributed by atoms with Gasteiger partial charge in [-0.15, -0.1) is 0 Å². The summed E-state index contributed by atoms with van der Waals surface area (Å²) in [5, 5.41) is 15.6. The minimum atomic E-state index is -0.816. The van der Waals surface area contributed by atoms with E-state index in [1.54, 1.807) is 0 Å². The molecule has 0 aliphatic heterocycles. The molecule has 3 N–H and O–H groups in total. The first-order valence-corrected chi connectivity index (χ1v) is 6.54. The molecule has 1 aromatic heterocycles. The van der Waals surface area contributed by atoms with E-state index in [0.717, 1.165) is 30.8 Å². The average Bonchev–Trinajstić information content (AvgIpc) is 3.13. The van der Waals surface area contributed by atoms with E-state index in [1.165, 1.54) is 0 Å². The fourth-order valence-corrected chi connectivity index (χ4v) is 2.53. The molecule has 5 heteroatoms. The third-order valence-electron chi connectivity index (χ3n) is 3.62. The molecular weight excluding hydrogens is 238 g/mol. The van der Waals surface area contributed by atoms with Crippen LogP contribution in [-0.2, 0) is 13.0 Å². The molecule has 1 fully saturated rings. The molecule has 2 rings (SSSR count). The largest absolute Gasteiger partial charge is 0.388 e. The Balaban J connectivity index is 2.27. The number of nitrogens with zero attached hydrogens (tertiary/aromatic N) is 2. The first-order chi connectivity index (χ1) is 8.01. The van der Waals surface area contributed by atoms with E-state index in [-0.39, 0.29) is 6.54 Å². The van der Waals surface area contributed by atoms with Crippen molar-refractivity contribution in [3.8, 4) is 0 Å². The molecule has 96 valence electrons. The van der Waals surface area contributed by atoms with Crippen LogP contribution in [0.5, 0.6) is 0 Å². The van der Waals surface area contributed by atoms with Crippen LogP contribution in [-0.4, -0.2) is 27.0 Å². The third-order valence-corrected chi connectivity index (χ3v) is 4.11. The van der Waals surface area contributed by atoms with E-state index in [9.17, 15) is 5.11 Å². The number of aliphatic hydroxyl groups is 1. The monoisotopic (exact) mass is 257 g/mol. The summed E-state index contributed by atoms with van der Waals surface area (Å²) in [5.41, 5.74) is 6.63. The number of hydrogen-bond acceptors (Lipinski definition) is 3. The number of aryl methyl sites for hydroxylation is 2. The highest BCUT2D eigenvalue weighted by atomic mass is 35.5. The molecule has 0 aromatic carbocycles. The second kappa shape index (κ2) is 4.59. The lowest BCUT2D eigenvalue weighted by Crippen LogP contribution is -2.42. The first-order valence-electron chi connectivity index (χ1n) is 6.16. The maximum atomic E-state index is 10.5. The van der Waals surface area contributed by atoms with Gasteiger partial charge in [-0.25, -0.2) is 0 Å². The molecule has 0 amide bonds. The summed E-state index contributed by atoms with van der Waals surface area (Å²) in [6.07, 6.45) is 2.62. The molecule has 0 bridgehead atoms. The minimum absolute atomic E-state index is 0.280. The van der Waals surface area contributed by atoms with Crippen molar-refractivity contribution in [1.82, 2.24) is 9.78 Å². The van der Waals surface area contributed by atoms with Crippen molar-refractivity contribution in [2.24, 2.45) is 11.7 Å². The maximum Gasteiger partial charge on any atom is 0.0852 e. The summed E-state index contributed by atoms with van der Waals surface area (Å²) in [4.78, 5) is 0. The molecule has 1 heterocycles. The molecule has 1 aromatic rings. The van der Waals surface area contributed by atoms with Gasteiger partial charge in [-0.3, -0.25) is 4.68 Å². The fraction of sp³-hybridized carbons (Fsp3) is 0.750. The Hall–Kier alpha value is -0.580. The van der Waals surface area contributed by atoms with Crippen molar-refractivity contribution in [2.45, 2.75) is 45.3 Å². The van der Waals surface area contributed by atoms with Gasteiger partial charge in [0.15, 0.2) is 0 Å². The molecular formula is C12H20ClN3O. The van der Waals surface area contributed by atoms with E-state index < -0.39 is 5.60 Å². The Morgan fingerprint density at radius 2 is 2.24 bits per heavy atom. The summed E-state index contributed by atoms with van der Waals surface area (Å²) in [7, 11) is 0. The van der Waals surface area contributed by atoms with Crippen LogP contribution in [0.15, 0.2) is 0 Å². The summed E-state index contributed by atoms with van der Waals surface area (Å²) in [5.74, 6) is 0.323. The van der Waals surface area contributed by atoms with Gasteiger partial charge in [0.05, 0.1) is 22.0 Å². The Morgan fingerprint density at radius 1 is 1.59 bits per heavy atom. The van der Waals surface area contributed by atoms with Crippen LogP contribution in [0.2, 0.25) is 5.02 Å². The van der Waals surface area contributed by atoms with E-state index in [2.05, 4.69) is 5.10 Å². The highest BCUT2D eigenvalue weighted by Gasteiger charge is 2.43. The summed E-state index contributed by atoms with van der Waals surface area (Å²) < 4.78 is 1.86. The zero-order valence-electron chi connectivity index (χ0n) is 10.4. The molecule has 1 unspecified atom stereocenters. The highest BCUT2D eigenvalue weighted by Crippen LogP contribution is 2.41. The van der Waals surface area contributed by atoms with Gasteiger partial charge in [-0.2, -0.15) is 5.10 Å². The van der Waals surface area contributed by atoms with Gasteiger partial charge in [0.1, 0.15) is 0 Å². The van der Waals surface area contributed by atoms with E-state index in [1.807, 2.05) is 18.5 Å². The Bertz CT molecular complexity index is 414. The molecule has 0 radical (unpaired) electrons. The molecule has 4 nitrogen and oxygen atoms in total. The number of aromatic nitrogens is 2. The zero-order valence-corrected chi connectivity index (χ0v) is 11.2. The second-order valence-electron chi connectivity index (χ2n) is 4.92. The minimum Gasteiger partial charge on any atom is -0.388 e. The Labute approximate surface area is 107 Å². The fourth-order valence-electron chi connectivity index (χ4n) is 2.33. The number of rotatable bonds is 5.